The highest BCUT2D eigenvalue weighted by Crippen LogP contribution is 2.24. The standard InChI is InChI=1S/C10H6BrNO/c11-5-7-1-2-8(6-12)10-9(7)3-4-13-10/h1-4H,5H2. The molecule has 0 atom stereocenters. The Morgan fingerprint density at radius 2 is 2.23 bits per heavy atom. The molecule has 0 spiro atoms. The molecule has 0 unspecified atom stereocenters. The van der Waals surface area contributed by atoms with Gasteiger partial charge in [-0.2, -0.15) is 5.26 Å². The highest BCUT2D eigenvalue weighted by atomic mass is 79.9. The van der Waals surface area contributed by atoms with E-state index in [0.29, 0.717) is 11.1 Å². The molecule has 2 nitrogen and oxygen atoms in total. The zero-order valence-corrected chi connectivity index (χ0v) is 8.34. The van der Waals surface area contributed by atoms with Crippen LogP contribution in [-0.4, -0.2) is 0 Å². The molecule has 2 rings (SSSR count). The molecule has 0 aliphatic carbocycles. The second kappa shape index (κ2) is 3.23. The minimum Gasteiger partial charge on any atom is -0.463 e. The first kappa shape index (κ1) is 8.33. The smallest absolute Gasteiger partial charge is 0.151 e. The normalized spacial score (nSPS) is 10.2. The Hall–Kier alpha value is -1.27. The number of nitriles is 1. The van der Waals surface area contributed by atoms with Gasteiger partial charge in [-0.1, -0.05) is 22.0 Å². The first-order chi connectivity index (χ1) is 6.36. The van der Waals surface area contributed by atoms with E-state index in [2.05, 4.69) is 22.0 Å². The molecule has 64 valence electrons. The molecule has 1 heterocycles. The van der Waals surface area contributed by atoms with Gasteiger partial charge in [0.2, 0.25) is 0 Å². The fraction of sp³-hybridized carbons (Fsp3) is 0.100. The van der Waals surface area contributed by atoms with Gasteiger partial charge in [0.1, 0.15) is 6.07 Å². The lowest BCUT2D eigenvalue weighted by Gasteiger charge is -1.97. The van der Waals surface area contributed by atoms with E-state index in [-0.39, 0.29) is 0 Å². The van der Waals surface area contributed by atoms with E-state index in [1.165, 1.54) is 0 Å². The predicted molar refractivity (Wildman–Crippen MR) is 53.6 cm³/mol. The summed E-state index contributed by atoms with van der Waals surface area (Å²) in [5, 5.41) is 10.6. The van der Waals surface area contributed by atoms with Gasteiger partial charge in [-0.05, 0) is 17.7 Å². The van der Waals surface area contributed by atoms with Gasteiger partial charge in [0.15, 0.2) is 5.58 Å². The fourth-order valence-electron chi connectivity index (χ4n) is 1.32. The third-order valence-electron chi connectivity index (χ3n) is 1.97. The predicted octanol–water partition coefficient (Wildman–Crippen LogP) is 3.20. The van der Waals surface area contributed by atoms with Gasteiger partial charge in [-0.3, -0.25) is 0 Å². The average Bonchev–Trinajstić information content (AvgIpc) is 2.64. The molecular weight excluding hydrogens is 230 g/mol. The van der Waals surface area contributed by atoms with Crippen LogP contribution in [-0.2, 0) is 5.33 Å². The molecule has 0 fully saturated rings. The Kier molecular flexibility index (Phi) is 2.07. The van der Waals surface area contributed by atoms with Crippen molar-refractivity contribution < 1.29 is 4.42 Å². The highest BCUT2D eigenvalue weighted by Gasteiger charge is 2.06. The zero-order valence-electron chi connectivity index (χ0n) is 6.75. The summed E-state index contributed by atoms with van der Waals surface area (Å²) in [6.45, 7) is 0. The molecule has 0 N–H and O–H groups in total. The van der Waals surface area contributed by atoms with Crippen molar-refractivity contribution >= 4 is 26.9 Å². The van der Waals surface area contributed by atoms with Crippen molar-refractivity contribution in [2.75, 3.05) is 0 Å². The van der Waals surface area contributed by atoms with Crippen molar-refractivity contribution in [2.45, 2.75) is 5.33 Å². The van der Waals surface area contributed by atoms with Crippen LogP contribution in [0.5, 0.6) is 0 Å². The number of alkyl halides is 1. The number of benzene rings is 1. The van der Waals surface area contributed by atoms with Crippen LogP contribution in [0.1, 0.15) is 11.1 Å². The van der Waals surface area contributed by atoms with Crippen LogP contribution in [0.15, 0.2) is 28.9 Å². The first-order valence-corrected chi connectivity index (χ1v) is 4.94. The van der Waals surface area contributed by atoms with Gasteiger partial charge < -0.3 is 4.42 Å². The van der Waals surface area contributed by atoms with Crippen LogP contribution in [0.25, 0.3) is 11.0 Å². The maximum atomic E-state index is 8.80. The molecule has 3 heteroatoms. The molecule has 0 saturated heterocycles. The van der Waals surface area contributed by atoms with Crippen molar-refractivity contribution in [1.29, 1.82) is 5.26 Å². The Bertz CT molecular complexity index is 481. The molecule has 0 amide bonds. The van der Waals surface area contributed by atoms with Gasteiger partial charge in [-0.25, -0.2) is 0 Å². The van der Waals surface area contributed by atoms with Crippen LogP contribution >= 0.6 is 15.9 Å². The number of fused-ring (bicyclic) bond motifs is 1. The van der Waals surface area contributed by atoms with E-state index in [1.807, 2.05) is 12.1 Å². The van der Waals surface area contributed by atoms with Crippen LogP contribution in [0.2, 0.25) is 0 Å². The molecule has 0 saturated carbocycles. The lowest BCUT2D eigenvalue weighted by Crippen LogP contribution is -1.81. The maximum absolute atomic E-state index is 8.80. The molecule has 0 aliphatic rings. The van der Waals surface area contributed by atoms with Gasteiger partial charge in [0.25, 0.3) is 0 Å². The number of furan rings is 1. The van der Waals surface area contributed by atoms with Gasteiger partial charge in [0, 0.05) is 10.7 Å². The molecule has 13 heavy (non-hydrogen) atoms. The van der Waals surface area contributed by atoms with E-state index < -0.39 is 0 Å². The van der Waals surface area contributed by atoms with Crippen LogP contribution in [0, 0.1) is 11.3 Å². The monoisotopic (exact) mass is 235 g/mol. The average molecular weight is 236 g/mol. The van der Waals surface area contributed by atoms with E-state index >= 15 is 0 Å². The number of halogens is 1. The third kappa shape index (κ3) is 1.24. The zero-order chi connectivity index (χ0) is 9.26. The third-order valence-corrected chi connectivity index (χ3v) is 2.58. The maximum Gasteiger partial charge on any atom is 0.151 e. The van der Waals surface area contributed by atoms with Crippen molar-refractivity contribution in [2.24, 2.45) is 0 Å². The SMILES string of the molecule is N#Cc1ccc(CBr)c2ccoc12. The second-order valence-corrected chi connectivity index (χ2v) is 3.24. The highest BCUT2D eigenvalue weighted by molar-refractivity contribution is 9.08. The Balaban J connectivity index is 2.83. The molecule has 1 aromatic heterocycles. The minimum absolute atomic E-state index is 0.588. The van der Waals surface area contributed by atoms with Crippen molar-refractivity contribution in [3.05, 3.63) is 35.6 Å². The minimum atomic E-state index is 0.588. The summed E-state index contributed by atoms with van der Waals surface area (Å²) in [5.74, 6) is 0. The van der Waals surface area contributed by atoms with Crippen LogP contribution in [0.3, 0.4) is 0 Å². The summed E-state index contributed by atoms with van der Waals surface area (Å²) in [4.78, 5) is 0. The summed E-state index contributed by atoms with van der Waals surface area (Å²) < 4.78 is 5.24. The molecule has 0 bridgehead atoms. The Morgan fingerprint density at radius 3 is 2.92 bits per heavy atom. The van der Waals surface area contributed by atoms with Crippen LogP contribution < -0.4 is 0 Å². The van der Waals surface area contributed by atoms with Gasteiger partial charge >= 0.3 is 0 Å². The molecule has 1 aromatic carbocycles. The number of rotatable bonds is 1. The van der Waals surface area contributed by atoms with E-state index in [1.54, 1.807) is 12.3 Å². The molecule has 2 aromatic rings. The number of hydrogen-bond acceptors (Lipinski definition) is 2. The molecular formula is C10H6BrNO. The Labute approximate surface area is 83.9 Å². The topological polar surface area (TPSA) is 36.9 Å². The summed E-state index contributed by atoms with van der Waals surface area (Å²) in [7, 11) is 0. The molecule has 0 aliphatic heterocycles. The van der Waals surface area contributed by atoms with Gasteiger partial charge in [-0.15, -0.1) is 0 Å². The van der Waals surface area contributed by atoms with Gasteiger partial charge in [0.05, 0.1) is 11.8 Å². The van der Waals surface area contributed by atoms with Crippen LogP contribution in [0.4, 0.5) is 0 Å². The van der Waals surface area contributed by atoms with E-state index in [4.69, 9.17) is 9.68 Å². The molecule has 0 radical (unpaired) electrons. The summed E-state index contributed by atoms with van der Waals surface area (Å²) >= 11 is 3.39. The number of nitrogens with zero attached hydrogens (tertiary/aromatic N) is 1. The van der Waals surface area contributed by atoms with Crippen molar-refractivity contribution in [3.8, 4) is 6.07 Å². The summed E-state index contributed by atoms with van der Waals surface area (Å²) in [5.41, 5.74) is 2.41. The van der Waals surface area contributed by atoms with Crippen molar-refractivity contribution in [1.82, 2.24) is 0 Å². The first-order valence-electron chi connectivity index (χ1n) is 3.82. The quantitative estimate of drug-likeness (QED) is 0.713. The lowest BCUT2D eigenvalue weighted by molar-refractivity contribution is 0.614. The Morgan fingerprint density at radius 1 is 1.38 bits per heavy atom. The summed E-state index contributed by atoms with van der Waals surface area (Å²) in [6, 6.07) is 7.70. The summed E-state index contributed by atoms with van der Waals surface area (Å²) in [6.07, 6.45) is 1.61. The van der Waals surface area contributed by atoms with E-state index in [0.717, 1.165) is 16.3 Å². The number of hydrogen-bond donors (Lipinski definition) is 0. The largest absolute Gasteiger partial charge is 0.463 e. The van der Waals surface area contributed by atoms with Crippen molar-refractivity contribution in [3.63, 3.8) is 0 Å². The fourth-order valence-corrected chi connectivity index (χ4v) is 1.81. The lowest BCUT2D eigenvalue weighted by atomic mass is 10.1. The second-order valence-electron chi connectivity index (χ2n) is 2.68. The van der Waals surface area contributed by atoms with E-state index in [9.17, 15) is 0 Å².